The van der Waals surface area contributed by atoms with Gasteiger partial charge >= 0.3 is 0 Å². The Morgan fingerprint density at radius 3 is 2.92 bits per heavy atom. The van der Waals surface area contributed by atoms with Crippen LogP contribution in [0.25, 0.3) is 0 Å². The Balaban J connectivity index is 1.45. The summed E-state index contributed by atoms with van der Waals surface area (Å²) in [6.07, 6.45) is 5.83. The number of ether oxygens (including phenoxy) is 1. The Morgan fingerprint density at radius 2 is 2.12 bits per heavy atom. The van der Waals surface area contributed by atoms with Gasteiger partial charge in [0.25, 0.3) is 5.91 Å². The normalized spacial score (nSPS) is 25.5. The standard InChI is InChI=1S/C19H21N3O2/c1-13-4-2-6-17(21-13)19(23)22-11-14-7-8-18(16(14)12-22)24-15-5-3-9-20-10-15/h2-6,9-10,14,16,18H,7-8,11-12H2,1H3/t14-,16+,18-/m1/s1. The van der Waals surface area contributed by atoms with Crippen LogP contribution in [0, 0.1) is 18.8 Å². The molecule has 1 amide bonds. The highest BCUT2D eigenvalue weighted by Gasteiger charge is 2.45. The lowest BCUT2D eigenvalue weighted by Gasteiger charge is -2.21. The van der Waals surface area contributed by atoms with Crippen LogP contribution in [-0.2, 0) is 0 Å². The quantitative estimate of drug-likeness (QED) is 0.871. The molecule has 5 heteroatoms. The topological polar surface area (TPSA) is 55.3 Å². The molecule has 0 aromatic carbocycles. The van der Waals surface area contributed by atoms with Gasteiger partial charge < -0.3 is 9.64 Å². The van der Waals surface area contributed by atoms with Crippen LogP contribution in [0.3, 0.4) is 0 Å². The van der Waals surface area contributed by atoms with Gasteiger partial charge in [0.15, 0.2) is 0 Å². The van der Waals surface area contributed by atoms with E-state index >= 15 is 0 Å². The number of hydrogen-bond acceptors (Lipinski definition) is 4. The molecule has 0 bridgehead atoms. The fraction of sp³-hybridized carbons (Fsp3) is 0.421. The molecular formula is C19H21N3O2. The average Bonchev–Trinajstić information content (AvgIpc) is 3.17. The highest BCUT2D eigenvalue weighted by atomic mass is 16.5. The van der Waals surface area contributed by atoms with Gasteiger partial charge in [-0.05, 0) is 49.9 Å². The number of fused-ring (bicyclic) bond motifs is 1. The van der Waals surface area contributed by atoms with E-state index in [9.17, 15) is 4.79 Å². The number of likely N-dealkylation sites (tertiary alicyclic amines) is 1. The van der Waals surface area contributed by atoms with Crippen LogP contribution in [0.1, 0.15) is 29.0 Å². The molecule has 2 aromatic rings. The third-order valence-electron chi connectivity index (χ3n) is 5.11. The summed E-state index contributed by atoms with van der Waals surface area (Å²) in [5, 5.41) is 0. The lowest BCUT2D eigenvalue weighted by Crippen LogP contribution is -2.33. The van der Waals surface area contributed by atoms with E-state index in [0.29, 0.717) is 17.5 Å². The van der Waals surface area contributed by atoms with Gasteiger partial charge in [0.1, 0.15) is 17.5 Å². The zero-order valence-electron chi connectivity index (χ0n) is 13.8. The molecular weight excluding hydrogens is 302 g/mol. The Bertz CT molecular complexity index is 734. The van der Waals surface area contributed by atoms with E-state index in [1.807, 2.05) is 36.1 Å². The van der Waals surface area contributed by atoms with Crippen LogP contribution in [0.2, 0.25) is 0 Å². The third kappa shape index (κ3) is 2.86. The monoisotopic (exact) mass is 323 g/mol. The van der Waals surface area contributed by atoms with Gasteiger partial charge in [-0.15, -0.1) is 0 Å². The predicted molar refractivity (Wildman–Crippen MR) is 89.7 cm³/mol. The van der Waals surface area contributed by atoms with Gasteiger partial charge in [-0.1, -0.05) is 6.07 Å². The van der Waals surface area contributed by atoms with Crippen molar-refractivity contribution in [1.29, 1.82) is 0 Å². The molecule has 3 atom stereocenters. The molecule has 0 radical (unpaired) electrons. The average molecular weight is 323 g/mol. The third-order valence-corrected chi connectivity index (χ3v) is 5.11. The molecule has 0 spiro atoms. The molecule has 4 rings (SSSR count). The first-order chi connectivity index (χ1) is 11.7. The number of carbonyl (C=O) groups is 1. The van der Waals surface area contributed by atoms with E-state index in [-0.39, 0.29) is 12.0 Å². The van der Waals surface area contributed by atoms with E-state index < -0.39 is 0 Å². The van der Waals surface area contributed by atoms with Gasteiger partial charge in [-0.25, -0.2) is 4.98 Å². The van der Waals surface area contributed by atoms with Crippen molar-refractivity contribution in [3.8, 4) is 5.75 Å². The first-order valence-corrected chi connectivity index (χ1v) is 8.50. The maximum atomic E-state index is 12.7. The highest BCUT2D eigenvalue weighted by molar-refractivity contribution is 5.92. The summed E-state index contributed by atoms with van der Waals surface area (Å²) in [6.45, 7) is 3.48. The van der Waals surface area contributed by atoms with E-state index in [1.165, 1.54) is 0 Å². The Kier molecular flexibility index (Phi) is 3.92. The van der Waals surface area contributed by atoms with Gasteiger partial charge in [0.2, 0.25) is 0 Å². The summed E-state index contributed by atoms with van der Waals surface area (Å²) < 4.78 is 6.13. The first-order valence-electron chi connectivity index (χ1n) is 8.50. The Hall–Kier alpha value is -2.43. The van der Waals surface area contributed by atoms with Crippen molar-refractivity contribution in [2.75, 3.05) is 13.1 Å². The van der Waals surface area contributed by atoms with E-state index in [1.54, 1.807) is 18.5 Å². The van der Waals surface area contributed by atoms with Crippen molar-refractivity contribution in [2.24, 2.45) is 11.8 Å². The van der Waals surface area contributed by atoms with Gasteiger partial charge in [-0.3, -0.25) is 9.78 Å². The summed E-state index contributed by atoms with van der Waals surface area (Å²) in [6, 6.07) is 9.42. The molecule has 1 saturated heterocycles. The molecule has 1 aliphatic carbocycles. The number of rotatable bonds is 3. The fourth-order valence-corrected chi connectivity index (χ4v) is 3.94. The maximum Gasteiger partial charge on any atom is 0.272 e. The second kappa shape index (κ2) is 6.23. The van der Waals surface area contributed by atoms with Crippen LogP contribution in [-0.4, -0.2) is 40.0 Å². The lowest BCUT2D eigenvalue weighted by atomic mass is 9.99. The Morgan fingerprint density at radius 1 is 1.21 bits per heavy atom. The van der Waals surface area contributed by atoms with E-state index in [0.717, 1.165) is 37.4 Å². The molecule has 24 heavy (non-hydrogen) atoms. The minimum Gasteiger partial charge on any atom is -0.488 e. The van der Waals surface area contributed by atoms with Crippen LogP contribution in [0.15, 0.2) is 42.7 Å². The van der Waals surface area contributed by atoms with E-state index in [2.05, 4.69) is 9.97 Å². The van der Waals surface area contributed by atoms with Gasteiger partial charge in [0, 0.05) is 30.9 Å². The summed E-state index contributed by atoms with van der Waals surface area (Å²) in [4.78, 5) is 23.1. The van der Waals surface area contributed by atoms with Crippen molar-refractivity contribution in [2.45, 2.75) is 25.9 Å². The summed E-state index contributed by atoms with van der Waals surface area (Å²) in [7, 11) is 0. The summed E-state index contributed by atoms with van der Waals surface area (Å²) >= 11 is 0. The van der Waals surface area contributed by atoms with Crippen molar-refractivity contribution >= 4 is 5.91 Å². The van der Waals surface area contributed by atoms with Crippen LogP contribution < -0.4 is 4.74 Å². The minimum absolute atomic E-state index is 0.0354. The number of amides is 1. The summed E-state index contributed by atoms with van der Waals surface area (Å²) in [5.41, 5.74) is 1.41. The highest BCUT2D eigenvalue weighted by Crippen LogP contribution is 2.40. The second-order valence-electron chi connectivity index (χ2n) is 6.72. The smallest absolute Gasteiger partial charge is 0.272 e. The molecule has 5 nitrogen and oxygen atoms in total. The van der Waals surface area contributed by atoms with Crippen molar-refractivity contribution in [3.63, 3.8) is 0 Å². The zero-order chi connectivity index (χ0) is 16.5. The number of aryl methyl sites for hydroxylation is 1. The Labute approximate surface area is 141 Å². The van der Waals surface area contributed by atoms with Crippen LogP contribution in [0.4, 0.5) is 0 Å². The number of nitrogens with zero attached hydrogens (tertiary/aromatic N) is 3. The number of carbonyl (C=O) groups excluding carboxylic acids is 1. The number of hydrogen-bond donors (Lipinski definition) is 0. The second-order valence-corrected chi connectivity index (χ2v) is 6.72. The molecule has 1 aliphatic heterocycles. The number of aromatic nitrogens is 2. The minimum atomic E-state index is 0.0354. The van der Waals surface area contributed by atoms with Crippen molar-refractivity contribution < 1.29 is 9.53 Å². The molecule has 3 heterocycles. The zero-order valence-corrected chi connectivity index (χ0v) is 13.8. The maximum absolute atomic E-state index is 12.7. The molecule has 1 saturated carbocycles. The molecule has 0 unspecified atom stereocenters. The molecule has 2 aliphatic rings. The van der Waals surface area contributed by atoms with Crippen LogP contribution in [0.5, 0.6) is 5.75 Å². The van der Waals surface area contributed by atoms with Gasteiger partial charge in [0.05, 0.1) is 6.20 Å². The van der Waals surface area contributed by atoms with Gasteiger partial charge in [-0.2, -0.15) is 0 Å². The molecule has 2 aromatic heterocycles. The van der Waals surface area contributed by atoms with Crippen molar-refractivity contribution in [3.05, 3.63) is 54.1 Å². The first kappa shape index (κ1) is 15.1. The lowest BCUT2D eigenvalue weighted by molar-refractivity contribution is 0.0756. The molecule has 2 fully saturated rings. The SMILES string of the molecule is Cc1cccc(C(=O)N2C[C@H]3CC[C@@H](Oc4cccnc4)[C@H]3C2)n1. The largest absolute Gasteiger partial charge is 0.488 e. The van der Waals surface area contributed by atoms with Crippen molar-refractivity contribution in [1.82, 2.24) is 14.9 Å². The molecule has 0 N–H and O–H groups in total. The molecule has 124 valence electrons. The van der Waals surface area contributed by atoms with E-state index in [4.69, 9.17) is 4.74 Å². The number of pyridine rings is 2. The fourth-order valence-electron chi connectivity index (χ4n) is 3.94. The van der Waals surface area contributed by atoms with Crippen LogP contribution >= 0.6 is 0 Å². The summed E-state index contributed by atoms with van der Waals surface area (Å²) in [5.74, 6) is 1.78. The predicted octanol–water partition coefficient (Wildman–Crippen LogP) is 2.71.